The van der Waals surface area contributed by atoms with E-state index in [9.17, 15) is 0 Å². The molecule has 2 nitrogen and oxygen atoms in total. The second-order valence-electron chi connectivity index (χ2n) is 26.8. The number of rotatable bonds is 8. The summed E-state index contributed by atoms with van der Waals surface area (Å²) in [4.78, 5) is 4.94. The predicted octanol–water partition coefficient (Wildman–Crippen LogP) is 24.2. The first-order valence-electron chi connectivity index (χ1n) is 31.9. The summed E-state index contributed by atoms with van der Waals surface area (Å²) >= 11 is 0. The molecule has 3 aliphatic carbocycles. The van der Waals surface area contributed by atoms with Crippen LogP contribution in [0.25, 0.3) is 86.9 Å². The number of nitrogens with zero attached hydrogens (tertiary/aromatic N) is 2. The molecule has 1 saturated carbocycles. The Kier molecular flexibility index (Phi) is 11.9. The van der Waals surface area contributed by atoms with E-state index in [0.29, 0.717) is 11.8 Å². The van der Waals surface area contributed by atoms with Crippen molar-refractivity contribution >= 4 is 98.8 Å². The Labute approximate surface area is 517 Å². The molecule has 14 aromatic carbocycles. The van der Waals surface area contributed by atoms with Gasteiger partial charge in [0.05, 0.1) is 0 Å². The maximum atomic E-state index is 2.51. The first kappa shape index (κ1) is 52.6. The zero-order valence-corrected chi connectivity index (χ0v) is 51.1. The van der Waals surface area contributed by atoms with E-state index in [4.69, 9.17) is 0 Å². The molecule has 1 fully saturated rings. The molecule has 0 spiro atoms. The lowest BCUT2D eigenvalue weighted by Gasteiger charge is -2.31. The van der Waals surface area contributed by atoms with Crippen molar-refractivity contribution in [3.8, 4) is 22.3 Å². The van der Waals surface area contributed by atoms with Gasteiger partial charge in [-0.3, -0.25) is 0 Å². The fourth-order valence-corrected chi connectivity index (χ4v) is 16.7. The van der Waals surface area contributed by atoms with Gasteiger partial charge in [0, 0.05) is 45.0 Å². The summed E-state index contributed by atoms with van der Waals surface area (Å²) < 4.78 is 0. The van der Waals surface area contributed by atoms with E-state index >= 15 is 0 Å². The zero-order chi connectivity index (χ0) is 59.2. The minimum absolute atomic E-state index is 0.169. The van der Waals surface area contributed by atoms with Gasteiger partial charge < -0.3 is 9.80 Å². The number of benzene rings is 14. The topological polar surface area (TPSA) is 6.48 Å². The van der Waals surface area contributed by atoms with Crippen LogP contribution in [0.2, 0.25) is 0 Å². The summed E-state index contributed by atoms with van der Waals surface area (Å²) in [5, 5.41) is 15.8. The molecule has 0 aliphatic heterocycles. The molecule has 2 unspecified atom stereocenters. The van der Waals surface area contributed by atoms with Crippen LogP contribution in [0.5, 0.6) is 0 Å². The van der Waals surface area contributed by atoms with Crippen LogP contribution in [0.3, 0.4) is 0 Å². The van der Waals surface area contributed by atoms with Crippen molar-refractivity contribution in [1.82, 2.24) is 0 Å². The van der Waals surface area contributed by atoms with Crippen molar-refractivity contribution in [3.63, 3.8) is 0 Å². The summed E-state index contributed by atoms with van der Waals surface area (Å²) in [5.74, 6) is 0.976. The molecule has 14 aromatic rings. The van der Waals surface area contributed by atoms with Crippen LogP contribution in [-0.4, -0.2) is 0 Å². The van der Waals surface area contributed by atoms with Crippen LogP contribution in [0.4, 0.5) is 34.1 Å². The fourth-order valence-electron chi connectivity index (χ4n) is 16.7. The lowest BCUT2D eigenvalue weighted by molar-refractivity contribution is 0.394. The Balaban J connectivity index is 0.667. The standard InChI is InChI=1S/C86H70N2/c1-53-31-32-54(2)80(45-53)88(67-44-38-60-50-77-79(52-62(60)48-67)86(5,6)84-75-30-17-13-26-71(75)69-24-11-15-28-73(69)82(77)84)65-41-35-56(36-42-65)58-20-18-19-57(46-58)55-33-39-64(40-34-55)87(63-21-8-7-9-22-63)66-43-37-59-49-76-78(51-61(59)47-66)85(3,4)83-74-29-16-12-25-70(74)68-23-10-14-27-72(68)81(76)83/h7-17,21-45,47-52,57-58H,18-20,46H2,1-6H3. The minimum atomic E-state index is -0.174. The minimum Gasteiger partial charge on any atom is -0.310 e. The van der Waals surface area contributed by atoms with Crippen LogP contribution < -0.4 is 9.80 Å². The third-order valence-corrected chi connectivity index (χ3v) is 21.0. The SMILES string of the molecule is Cc1ccc(C)c(N(c2ccc(C3CCCC(c4ccc(N(c5ccccc5)c5ccc6cc7c(cc6c5)C(C)(C)c5c-7c6ccccc6c6ccccc56)cc4)C3)cc2)c2ccc3cc4c(cc3c2)C(C)(C)c2c-4c3ccccc3c3ccccc23)c1. The van der Waals surface area contributed by atoms with Crippen molar-refractivity contribution in [1.29, 1.82) is 0 Å². The molecule has 0 aromatic heterocycles. The van der Waals surface area contributed by atoms with Gasteiger partial charge in [0.2, 0.25) is 0 Å². The maximum absolute atomic E-state index is 2.51. The molecular formula is C86H70N2. The third-order valence-electron chi connectivity index (χ3n) is 21.0. The predicted molar refractivity (Wildman–Crippen MR) is 376 cm³/mol. The molecule has 3 aliphatic rings. The summed E-state index contributed by atoms with van der Waals surface area (Å²) in [7, 11) is 0. The van der Waals surface area contributed by atoms with Crippen molar-refractivity contribution in [2.75, 3.05) is 9.80 Å². The molecule has 2 atom stereocenters. The number of hydrogen-bond acceptors (Lipinski definition) is 2. The Morgan fingerprint density at radius 2 is 0.727 bits per heavy atom. The van der Waals surface area contributed by atoms with E-state index in [1.165, 1.54) is 173 Å². The van der Waals surface area contributed by atoms with Gasteiger partial charge in [0.25, 0.3) is 0 Å². The van der Waals surface area contributed by atoms with E-state index in [1.807, 2.05) is 0 Å². The van der Waals surface area contributed by atoms with E-state index in [2.05, 4.69) is 306 Å². The lowest BCUT2D eigenvalue weighted by Crippen LogP contribution is -2.16. The zero-order valence-electron chi connectivity index (χ0n) is 51.1. The first-order valence-corrected chi connectivity index (χ1v) is 31.9. The largest absolute Gasteiger partial charge is 0.310 e. The second kappa shape index (κ2) is 19.9. The van der Waals surface area contributed by atoms with Gasteiger partial charge in [0.15, 0.2) is 0 Å². The van der Waals surface area contributed by atoms with Crippen LogP contribution >= 0.6 is 0 Å². The van der Waals surface area contributed by atoms with Crippen LogP contribution in [-0.2, 0) is 10.8 Å². The average Bonchev–Trinajstić information content (AvgIpc) is 1.55. The highest BCUT2D eigenvalue weighted by molar-refractivity contribution is 6.20. The van der Waals surface area contributed by atoms with Crippen LogP contribution in [0.1, 0.15) is 110 Å². The van der Waals surface area contributed by atoms with E-state index in [1.54, 1.807) is 0 Å². The molecule has 88 heavy (non-hydrogen) atoms. The average molecular weight is 1130 g/mol. The van der Waals surface area contributed by atoms with Crippen molar-refractivity contribution < 1.29 is 0 Å². The molecular weight excluding hydrogens is 1060 g/mol. The van der Waals surface area contributed by atoms with Gasteiger partial charge in [-0.15, -0.1) is 0 Å². The highest BCUT2D eigenvalue weighted by Gasteiger charge is 2.41. The Morgan fingerprint density at radius 3 is 1.22 bits per heavy atom. The summed E-state index contributed by atoms with van der Waals surface area (Å²) in [5.41, 5.74) is 23.3. The molecule has 424 valence electrons. The monoisotopic (exact) mass is 1130 g/mol. The highest BCUT2D eigenvalue weighted by Crippen LogP contribution is 2.58. The molecule has 0 N–H and O–H groups in total. The van der Waals surface area contributed by atoms with Gasteiger partial charge >= 0.3 is 0 Å². The van der Waals surface area contributed by atoms with Crippen molar-refractivity contribution in [3.05, 3.63) is 299 Å². The smallest absolute Gasteiger partial charge is 0.0493 e. The van der Waals surface area contributed by atoms with Crippen molar-refractivity contribution in [2.45, 2.75) is 89.9 Å². The van der Waals surface area contributed by atoms with Gasteiger partial charge in [-0.2, -0.15) is 0 Å². The molecule has 0 amide bonds. The Bertz CT molecular complexity index is 5180. The second-order valence-corrected chi connectivity index (χ2v) is 26.8. The third kappa shape index (κ3) is 8.07. The van der Waals surface area contributed by atoms with E-state index in [0.717, 1.165) is 17.8 Å². The highest BCUT2D eigenvalue weighted by atomic mass is 15.1. The summed E-state index contributed by atoms with van der Waals surface area (Å²) in [6.07, 6.45) is 4.77. The maximum Gasteiger partial charge on any atom is 0.0493 e. The quantitative estimate of drug-likeness (QED) is 0.140. The van der Waals surface area contributed by atoms with Gasteiger partial charge in [-0.25, -0.2) is 0 Å². The fraction of sp³-hybridized carbons (Fsp3) is 0.163. The normalized spacial score (nSPS) is 16.3. The van der Waals surface area contributed by atoms with Crippen molar-refractivity contribution in [2.24, 2.45) is 0 Å². The van der Waals surface area contributed by atoms with Gasteiger partial charge in [-0.05, 0) is 267 Å². The van der Waals surface area contributed by atoms with E-state index < -0.39 is 0 Å². The molecule has 0 heterocycles. The molecule has 2 heteroatoms. The van der Waals surface area contributed by atoms with Crippen LogP contribution in [0, 0.1) is 13.8 Å². The lowest BCUT2D eigenvalue weighted by atomic mass is 9.75. The van der Waals surface area contributed by atoms with Crippen LogP contribution in [0.15, 0.2) is 255 Å². The Hall–Kier alpha value is -9.76. The summed E-state index contributed by atoms with van der Waals surface area (Å²) in [6.45, 7) is 14.2. The van der Waals surface area contributed by atoms with E-state index in [-0.39, 0.29) is 10.8 Å². The Morgan fingerprint density at radius 1 is 0.330 bits per heavy atom. The number of fused-ring (bicyclic) bond motifs is 18. The summed E-state index contributed by atoms with van der Waals surface area (Å²) in [6, 6.07) is 97.2. The number of aryl methyl sites for hydroxylation is 2. The molecule has 0 radical (unpaired) electrons. The van der Waals surface area contributed by atoms with Gasteiger partial charge in [0.1, 0.15) is 0 Å². The molecule has 0 bridgehead atoms. The first-order chi connectivity index (χ1) is 43.0. The number of para-hydroxylation sites is 1. The molecule has 17 rings (SSSR count). The van der Waals surface area contributed by atoms with Gasteiger partial charge in [-0.1, -0.05) is 198 Å². The number of anilines is 6. The molecule has 0 saturated heterocycles. The number of hydrogen-bond donors (Lipinski definition) is 0.